The molecule has 1 fully saturated rings. The van der Waals surface area contributed by atoms with Crippen LogP contribution in [0.5, 0.6) is 0 Å². The van der Waals surface area contributed by atoms with Gasteiger partial charge in [0.25, 0.3) is 0 Å². The van der Waals surface area contributed by atoms with E-state index in [0.29, 0.717) is 30.4 Å². The van der Waals surface area contributed by atoms with Crippen LogP contribution in [0.25, 0.3) is 0 Å². The maximum absolute atomic E-state index is 13.2. The molecule has 1 aliphatic heterocycles. The van der Waals surface area contributed by atoms with Gasteiger partial charge in [0.2, 0.25) is 12.3 Å². The summed E-state index contributed by atoms with van der Waals surface area (Å²) < 4.78 is 17.9. The van der Waals surface area contributed by atoms with E-state index in [0.717, 1.165) is 43.1 Å². The van der Waals surface area contributed by atoms with Crippen molar-refractivity contribution in [3.63, 3.8) is 0 Å². The molecule has 3 N–H and O–H groups in total. The van der Waals surface area contributed by atoms with E-state index in [1.165, 1.54) is 7.11 Å². The average molecular weight is 399 g/mol. The van der Waals surface area contributed by atoms with Crippen molar-refractivity contribution in [2.24, 2.45) is 0 Å². The number of carbonyl (C=O) groups excluding carboxylic acids is 2. The Morgan fingerprint density at radius 1 is 1.50 bits per heavy atom. The van der Waals surface area contributed by atoms with Crippen molar-refractivity contribution in [2.45, 2.75) is 43.0 Å². The first kappa shape index (κ1) is 22.0. The number of nitrogens with one attached hydrogen (secondary N) is 3. The number of hydrogen-bond acceptors (Lipinski definition) is 6. The van der Waals surface area contributed by atoms with Gasteiger partial charge in [-0.2, -0.15) is 11.8 Å². The van der Waals surface area contributed by atoms with Crippen LogP contribution in [0, 0.1) is 0 Å². The van der Waals surface area contributed by atoms with Crippen LogP contribution in [-0.2, 0) is 13.8 Å². The van der Waals surface area contributed by atoms with Crippen LogP contribution >= 0.6 is 30.9 Å². The third-order valence-corrected chi connectivity index (χ3v) is 7.74. The molecule has 1 aliphatic rings. The molecule has 2 amide bonds. The van der Waals surface area contributed by atoms with Crippen LogP contribution in [-0.4, -0.2) is 62.3 Å². The van der Waals surface area contributed by atoms with E-state index in [9.17, 15) is 13.8 Å². The SMILES string of the molecule is CNC1CSC(CCCCC(=O)NCCP(F)SOC)C1NC=O. The van der Waals surface area contributed by atoms with Crippen LogP contribution < -0.4 is 16.0 Å². The molecule has 6 nitrogen and oxygen atoms in total. The summed E-state index contributed by atoms with van der Waals surface area (Å²) in [4.78, 5) is 22.4. The van der Waals surface area contributed by atoms with Gasteiger partial charge in [0.05, 0.1) is 24.8 Å². The van der Waals surface area contributed by atoms with E-state index in [-0.39, 0.29) is 11.9 Å². The van der Waals surface area contributed by atoms with Gasteiger partial charge in [-0.15, -0.1) is 0 Å². The Bertz CT molecular complexity index is 385. The van der Waals surface area contributed by atoms with E-state index in [4.69, 9.17) is 0 Å². The van der Waals surface area contributed by atoms with E-state index >= 15 is 0 Å². The second-order valence-electron chi connectivity index (χ2n) is 5.46. The van der Waals surface area contributed by atoms with Gasteiger partial charge in [0, 0.05) is 36.2 Å². The Hall–Kier alpha value is -0.0800. The van der Waals surface area contributed by atoms with E-state index in [2.05, 4.69) is 20.1 Å². The summed E-state index contributed by atoms with van der Waals surface area (Å²) in [5.74, 6) is 0.953. The van der Waals surface area contributed by atoms with Crippen molar-refractivity contribution in [3.8, 4) is 0 Å². The number of rotatable bonds is 13. The van der Waals surface area contributed by atoms with Crippen LogP contribution in [0.3, 0.4) is 0 Å². The fourth-order valence-corrected chi connectivity index (χ4v) is 5.79. The second kappa shape index (κ2) is 13.2. The molecule has 24 heavy (non-hydrogen) atoms. The summed E-state index contributed by atoms with van der Waals surface area (Å²) >= 11 is 2.70. The number of thioether (sulfide) groups is 1. The molecule has 10 heteroatoms. The summed E-state index contributed by atoms with van der Waals surface area (Å²) in [6, 6.07) is 0.447. The predicted molar refractivity (Wildman–Crippen MR) is 101 cm³/mol. The summed E-state index contributed by atoms with van der Waals surface area (Å²) in [5, 5.41) is 9.26. The monoisotopic (exact) mass is 399 g/mol. The Balaban J connectivity index is 2.12. The average Bonchev–Trinajstić information content (AvgIpc) is 2.94. The van der Waals surface area contributed by atoms with Crippen LogP contribution in [0.4, 0.5) is 4.20 Å². The zero-order chi connectivity index (χ0) is 17.8. The number of carbonyl (C=O) groups is 2. The first-order chi connectivity index (χ1) is 11.6. The van der Waals surface area contributed by atoms with Crippen molar-refractivity contribution in [3.05, 3.63) is 0 Å². The highest BCUT2D eigenvalue weighted by molar-refractivity contribution is 8.51. The van der Waals surface area contributed by atoms with Crippen molar-refractivity contribution in [1.29, 1.82) is 0 Å². The normalized spacial score (nSPS) is 24.5. The van der Waals surface area contributed by atoms with Crippen LogP contribution in [0.1, 0.15) is 25.7 Å². The first-order valence-corrected chi connectivity index (χ1v) is 11.8. The van der Waals surface area contributed by atoms with E-state index in [1.807, 2.05) is 18.8 Å². The van der Waals surface area contributed by atoms with Gasteiger partial charge in [-0.3, -0.25) is 9.59 Å². The fraction of sp³-hybridized carbons (Fsp3) is 0.857. The molecule has 0 aromatic rings. The molecule has 0 spiro atoms. The number of amides is 2. The van der Waals surface area contributed by atoms with Gasteiger partial charge in [0.1, 0.15) is 0 Å². The number of likely N-dealkylation sites (N-methyl/N-ethyl adjacent to an activating group) is 1. The quantitative estimate of drug-likeness (QED) is 0.190. The molecule has 140 valence electrons. The minimum atomic E-state index is -1.71. The highest BCUT2D eigenvalue weighted by Gasteiger charge is 2.35. The number of halogens is 1. The molecule has 0 aromatic heterocycles. The van der Waals surface area contributed by atoms with Crippen LogP contribution in [0.15, 0.2) is 0 Å². The molecule has 0 aromatic carbocycles. The Morgan fingerprint density at radius 3 is 2.96 bits per heavy atom. The number of hydrogen-bond donors (Lipinski definition) is 3. The largest absolute Gasteiger partial charge is 0.356 e. The van der Waals surface area contributed by atoms with Crippen LogP contribution in [0.2, 0.25) is 0 Å². The van der Waals surface area contributed by atoms with E-state index in [1.54, 1.807) is 0 Å². The second-order valence-corrected chi connectivity index (χ2v) is 9.93. The molecular weight excluding hydrogens is 372 g/mol. The topological polar surface area (TPSA) is 79.5 Å². The third kappa shape index (κ3) is 8.34. The zero-order valence-corrected chi connectivity index (χ0v) is 16.7. The lowest BCUT2D eigenvalue weighted by molar-refractivity contribution is -0.121. The Labute approximate surface area is 153 Å². The molecule has 1 saturated heterocycles. The Morgan fingerprint density at radius 2 is 2.29 bits per heavy atom. The lowest BCUT2D eigenvalue weighted by atomic mass is 10.0. The molecule has 4 unspecified atom stereocenters. The summed E-state index contributed by atoms with van der Waals surface area (Å²) in [7, 11) is 1.63. The molecular formula is C14H27FN3O3PS2. The molecule has 1 rings (SSSR count). The summed E-state index contributed by atoms with van der Waals surface area (Å²) in [5.41, 5.74) is 0. The smallest absolute Gasteiger partial charge is 0.220 e. The van der Waals surface area contributed by atoms with Crippen molar-refractivity contribution < 1.29 is 18.0 Å². The first-order valence-electron chi connectivity index (χ1n) is 8.01. The Kier molecular flexibility index (Phi) is 12.0. The number of unbranched alkanes of at least 4 members (excludes halogenated alkanes) is 1. The maximum Gasteiger partial charge on any atom is 0.220 e. The minimum absolute atomic E-state index is 0.0319. The highest BCUT2D eigenvalue weighted by Crippen LogP contribution is 2.50. The third-order valence-electron chi connectivity index (χ3n) is 3.86. The molecule has 0 radical (unpaired) electrons. The molecule has 1 heterocycles. The molecule has 0 saturated carbocycles. The maximum atomic E-state index is 13.2. The van der Waals surface area contributed by atoms with E-state index < -0.39 is 7.43 Å². The van der Waals surface area contributed by atoms with Crippen molar-refractivity contribution >= 4 is 43.2 Å². The fourth-order valence-electron chi connectivity index (χ4n) is 2.64. The van der Waals surface area contributed by atoms with Gasteiger partial charge >= 0.3 is 0 Å². The van der Waals surface area contributed by atoms with Gasteiger partial charge in [-0.1, -0.05) is 6.42 Å². The van der Waals surface area contributed by atoms with Gasteiger partial charge in [0.15, 0.2) is 7.43 Å². The standard InChI is InChI=1S/C14H27FN3O3PS2/c1-16-11-9-23-12(14(11)18-10-19)5-3-4-6-13(20)17-7-8-22(15)24-21-2/h10-12,14,16H,3-9H2,1-2H3,(H,17,20)(H,18,19). The predicted octanol–water partition coefficient (Wildman–Crippen LogP) is 2.06. The summed E-state index contributed by atoms with van der Waals surface area (Å²) in [6.45, 7) is 0.352. The minimum Gasteiger partial charge on any atom is -0.356 e. The van der Waals surface area contributed by atoms with Gasteiger partial charge in [-0.25, -0.2) is 4.20 Å². The molecule has 0 aliphatic carbocycles. The zero-order valence-electron chi connectivity index (χ0n) is 14.1. The van der Waals surface area contributed by atoms with Crippen molar-refractivity contribution in [1.82, 2.24) is 16.0 Å². The lowest BCUT2D eigenvalue weighted by Crippen LogP contribution is -2.48. The molecule has 4 atom stereocenters. The van der Waals surface area contributed by atoms with Gasteiger partial charge in [-0.05, 0) is 19.9 Å². The molecule has 0 bridgehead atoms. The van der Waals surface area contributed by atoms with Gasteiger partial charge < -0.3 is 20.1 Å². The summed E-state index contributed by atoms with van der Waals surface area (Å²) in [6.07, 6.45) is 4.25. The highest BCUT2D eigenvalue weighted by atomic mass is 32.7. The lowest BCUT2D eigenvalue weighted by Gasteiger charge is -2.22. The van der Waals surface area contributed by atoms with Crippen molar-refractivity contribution in [2.75, 3.05) is 32.6 Å².